The molecule has 1 aromatic rings. The van der Waals surface area contributed by atoms with Gasteiger partial charge in [-0.25, -0.2) is 4.39 Å². The highest BCUT2D eigenvalue weighted by Crippen LogP contribution is 2.07. The first-order valence-corrected chi connectivity index (χ1v) is 4.56. The Labute approximate surface area is 88.7 Å². The van der Waals surface area contributed by atoms with Gasteiger partial charge in [0, 0.05) is 7.05 Å². The maximum Gasteiger partial charge on any atom is 0.227 e. The van der Waals surface area contributed by atoms with Gasteiger partial charge in [0.05, 0.1) is 13.0 Å². The summed E-state index contributed by atoms with van der Waals surface area (Å²) in [5, 5.41) is 0. The minimum atomic E-state index is -0.361. The first kappa shape index (κ1) is 11.3. The van der Waals surface area contributed by atoms with Crippen LogP contribution in [0.25, 0.3) is 0 Å². The summed E-state index contributed by atoms with van der Waals surface area (Å²) in [5.41, 5.74) is 0.395. The fraction of sp³-hybridized carbons (Fsp3) is 0.250. The monoisotopic (exact) mass is 205 g/mol. The number of likely N-dealkylation sites (N-methyl/N-ethyl adjacent to an activating group) is 1. The van der Waals surface area contributed by atoms with Crippen molar-refractivity contribution in [3.8, 4) is 12.3 Å². The van der Waals surface area contributed by atoms with Crippen LogP contribution in [-0.2, 0) is 11.2 Å². The Morgan fingerprint density at radius 2 is 2.20 bits per heavy atom. The van der Waals surface area contributed by atoms with E-state index >= 15 is 0 Å². The van der Waals surface area contributed by atoms with Crippen molar-refractivity contribution in [2.45, 2.75) is 6.42 Å². The molecule has 0 aliphatic heterocycles. The van der Waals surface area contributed by atoms with E-state index in [0.29, 0.717) is 5.56 Å². The molecule has 15 heavy (non-hydrogen) atoms. The van der Waals surface area contributed by atoms with Crippen LogP contribution in [0.4, 0.5) is 4.39 Å². The van der Waals surface area contributed by atoms with Crippen LogP contribution in [0, 0.1) is 18.2 Å². The van der Waals surface area contributed by atoms with Crippen molar-refractivity contribution in [3.63, 3.8) is 0 Å². The summed E-state index contributed by atoms with van der Waals surface area (Å²) >= 11 is 0. The highest BCUT2D eigenvalue weighted by atomic mass is 19.1. The predicted molar refractivity (Wildman–Crippen MR) is 56.6 cm³/mol. The molecule has 0 aliphatic rings. The minimum absolute atomic E-state index is 0.0465. The molecule has 0 spiro atoms. The standard InChI is InChI=1S/C12H12FNO/c1-3-8-14(2)12(15)9-10-6-4-5-7-11(10)13/h1,4-7H,8-9H2,2H3. The van der Waals surface area contributed by atoms with Crippen LogP contribution in [0.1, 0.15) is 5.56 Å². The molecule has 3 heteroatoms. The van der Waals surface area contributed by atoms with Gasteiger partial charge >= 0.3 is 0 Å². The Kier molecular flexibility index (Phi) is 3.87. The third-order valence-electron chi connectivity index (χ3n) is 2.05. The maximum absolute atomic E-state index is 13.2. The van der Waals surface area contributed by atoms with Gasteiger partial charge in [0.1, 0.15) is 5.82 Å². The van der Waals surface area contributed by atoms with E-state index in [0.717, 1.165) is 0 Å². The smallest absolute Gasteiger partial charge is 0.227 e. The molecule has 0 unspecified atom stereocenters. The van der Waals surface area contributed by atoms with Gasteiger partial charge in [0.25, 0.3) is 0 Å². The topological polar surface area (TPSA) is 20.3 Å². The third kappa shape index (κ3) is 3.10. The van der Waals surface area contributed by atoms with E-state index in [1.165, 1.54) is 11.0 Å². The van der Waals surface area contributed by atoms with Crippen LogP contribution in [-0.4, -0.2) is 24.4 Å². The van der Waals surface area contributed by atoms with Gasteiger partial charge in [-0.15, -0.1) is 6.42 Å². The molecule has 1 amide bonds. The van der Waals surface area contributed by atoms with Crippen LogP contribution in [0.3, 0.4) is 0 Å². The number of amides is 1. The number of halogens is 1. The van der Waals surface area contributed by atoms with E-state index in [1.807, 2.05) is 0 Å². The number of terminal acetylenes is 1. The second-order valence-electron chi connectivity index (χ2n) is 3.22. The average molecular weight is 205 g/mol. The van der Waals surface area contributed by atoms with Crippen molar-refractivity contribution in [2.75, 3.05) is 13.6 Å². The van der Waals surface area contributed by atoms with Crippen LogP contribution >= 0.6 is 0 Å². The van der Waals surface area contributed by atoms with Crippen molar-refractivity contribution < 1.29 is 9.18 Å². The number of hydrogen-bond acceptors (Lipinski definition) is 1. The van der Waals surface area contributed by atoms with Gasteiger partial charge in [0.15, 0.2) is 0 Å². The quantitative estimate of drug-likeness (QED) is 0.684. The van der Waals surface area contributed by atoms with E-state index < -0.39 is 0 Å². The number of hydrogen-bond donors (Lipinski definition) is 0. The van der Waals surface area contributed by atoms with Gasteiger partial charge in [-0.1, -0.05) is 24.1 Å². The molecule has 0 atom stereocenters. The zero-order chi connectivity index (χ0) is 11.3. The molecule has 0 saturated carbocycles. The molecule has 0 aromatic heterocycles. The van der Waals surface area contributed by atoms with Crippen LogP contribution < -0.4 is 0 Å². The number of rotatable bonds is 3. The second-order valence-corrected chi connectivity index (χ2v) is 3.22. The maximum atomic E-state index is 13.2. The molecule has 2 nitrogen and oxygen atoms in total. The molecule has 0 bridgehead atoms. The molecule has 0 fully saturated rings. The molecule has 78 valence electrons. The summed E-state index contributed by atoms with van der Waals surface area (Å²) in [6.45, 7) is 0.243. The van der Waals surface area contributed by atoms with E-state index in [-0.39, 0.29) is 24.7 Å². The minimum Gasteiger partial charge on any atom is -0.334 e. The highest BCUT2D eigenvalue weighted by molar-refractivity contribution is 5.78. The molecule has 0 N–H and O–H groups in total. The lowest BCUT2D eigenvalue weighted by Crippen LogP contribution is -2.28. The fourth-order valence-electron chi connectivity index (χ4n) is 1.16. The Morgan fingerprint density at radius 1 is 1.53 bits per heavy atom. The van der Waals surface area contributed by atoms with Crippen LogP contribution in [0.15, 0.2) is 24.3 Å². The molecule has 0 heterocycles. The zero-order valence-electron chi connectivity index (χ0n) is 8.53. The lowest BCUT2D eigenvalue weighted by atomic mass is 10.1. The molecule has 1 rings (SSSR count). The van der Waals surface area contributed by atoms with Crippen molar-refractivity contribution in [1.82, 2.24) is 4.90 Å². The van der Waals surface area contributed by atoms with Gasteiger partial charge < -0.3 is 4.90 Å². The predicted octanol–water partition coefficient (Wildman–Crippen LogP) is 1.46. The first-order valence-electron chi connectivity index (χ1n) is 4.56. The van der Waals surface area contributed by atoms with Gasteiger partial charge in [-0.3, -0.25) is 4.79 Å². The van der Waals surface area contributed by atoms with Crippen molar-refractivity contribution >= 4 is 5.91 Å². The number of benzene rings is 1. The number of carbonyl (C=O) groups is 1. The van der Waals surface area contributed by atoms with Gasteiger partial charge in [-0.2, -0.15) is 0 Å². The molecular weight excluding hydrogens is 193 g/mol. The molecule has 0 aliphatic carbocycles. The average Bonchev–Trinajstić information content (AvgIpc) is 2.21. The Morgan fingerprint density at radius 3 is 2.80 bits per heavy atom. The number of nitrogens with zero attached hydrogens (tertiary/aromatic N) is 1. The molecule has 1 aromatic carbocycles. The van der Waals surface area contributed by atoms with Crippen LogP contribution in [0.2, 0.25) is 0 Å². The van der Waals surface area contributed by atoms with E-state index in [9.17, 15) is 9.18 Å². The molecule has 0 saturated heterocycles. The van der Waals surface area contributed by atoms with E-state index in [1.54, 1.807) is 25.2 Å². The van der Waals surface area contributed by atoms with Crippen molar-refractivity contribution in [2.24, 2.45) is 0 Å². The zero-order valence-corrected chi connectivity index (χ0v) is 8.53. The molecule has 0 radical (unpaired) electrons. The van der Waals surface area contributed by atoms with Crippen LogP contribution in [0.5, 0.6) is 0 Å². The summed E-state index contributed by atoms with van der Waals surface area (Å²) in [7, 11) is 1.60. The normalized spacial score (nSPS) is 9.40. The summed E-state index contributed by atoms with van der Waals surface area (Å²) in [6.07, 6.45) is 5.12. The summed E-state index contributed by atoms with van der Waals surface area (Å²) < 4.78 is 13.2. The Balaban J connectivity index is 2.67. The highest BCUT2D eigenvalue weighted by Gasteiger charge is 2.10. The number of carbonyl (C=O) groups excluding carboxylic acids is 1. The van der Waals surface area contributed by atoms with Crippen molar-refractivity contribution in [1.29, 1.82) is 0 Å². The van der Waals surface area contributed by atoms with E-state index in [4.69, 9.17) is 6.42 Å². The molecular formula is C12H12FNO. The first-order chi connectivity index (χ1) is 7.15. The van der Waals surface area contributed by atoms with E-state index in [2.05, 4.69) is 5.92 Å². The van der Waals surface area contributed by atoms with Gasteiger partial charge in [-0.05, 0) is 11.6 Å². The Hall–Kier alpha value is -1.82. The second kappa shape index (κ2) is 5.16. The van der Waals surface area contributed by atoms with Crippen molar-refractivity contribution in [3.05, 3.63) is 35.6 Å². The SMILES string of the molecule is C#CCN(C)C(=O)Cc1ccccc1F. The lowest BCUT2D eigenvalue weighted by Gasteiger charge is -2.13. The fourth-order valence-corrected chi connectivity index (χ4v) is 1.16. The summed E-state index contributed by atoms with van der Waals surface area (Å²) in [4.78, 5) is 12.9. The largest absolute Gasteiger partial charge is 0.334 e. The summed E-state index contributed by atoms with van der Waals surface area (Å²) in [5.74, 6) is 1.82. The summed E-state index contributed by atoms with van der Waals surface area (Å²) in [6, 6.07) is 6.22. The van der Waals surface area contributed by atoms with Gasteiger partial charge in [0.2, 0.25) is 5.91 Å². The lowest BCUT2D eigenvalue weighted by molar-refractivity contribution is -0.128. The third-order valence-corrected chi connectivity index (χ3v) is 2.05. The Bertz CT molecular complexity index is 395.